The van der Waals surface area contributed by atoms with Crippen molar-refractivity contribution in [2.75, 3.05) is 5.73 Å². The predicted octanol–water partition coefficient (Wildman–Crippen LogP) is 2.94. The highest BCUT2D eigenvalue weighted by Crippen LogP contribution is 2.23. The highest BCUT2D eigenvalue weighted by atomic mass is 35.5. The van der Waals surface area contributed by atoms with E-state index in [1.165, 1.54) is 6.20 Å². The molecule has 4 nitrogen and oxygen atoms in total. The number of hydrogen-bond donors (Lipinski definition) is 1. The molecule has 0 unspecified atom stereocenters. The van der Waals surface area contributed by atoms with E-state index in [-0.39, 0.29) is 18.4 Å². The molecule has 0 saturated heterocycles. The summed E-state index contributed by atoms with van der Waals surface area (Å²) in [5, 5.41) is 0.942. The van der Waals surface area contributed by atoms with Gasteiger partial charge in [-0.15, -0.1) is 0 Å². The molecule has 0 spiro atoms. The molecule has 1 aromatic heterocycles. The number of benzene rings is 1. The molecule has 2 rings (SSSR count). The van der Waals surface area contributed by atoms with E-state index in [0.717, 1.165) is 5.56 Å². The van der Waals surface area contributed by atoms with Gasteiger partial charge >= 0.3 is 0 Å². The maximum atomic E-state index is 5.99. The molecule has 0 fully saturated rings. The second-order valence-corrected chi connectivity index (χ2v) is 4.08. The van der Waals surface area contributed by atoms with E-state index in [2.05, 4.69) is 9.97 Å². The molecule has 6 heteroatoms. The van der Waals surface area contributed by atoms with Crippen molar-refractivity contribution in [1.82, 2.24) is 9.97 Å². The lowest BCUT2D eigenvalue weighted by atomic mass is 10.2. The Bertz CT molecular complexity index is 534. The van der Waals surface area contributed by atoms with Gasteiger partial charge in [0.05, 0.1) is 6.20 Å². The zero-order valence-corrected chi connectivity index (χ0v) is 10.2. The molecule has 0 amide bonds. The number of rotatable bonds is 3. The number of aromatic nitrogens is 2. The van der Waals surface area contributed by atoms with Crippen molar-refractivity contribution in [2.24, 2.45) is 0 Å². The first-order valence-corrected chi connectivity index (χ1v) is 5.56. The van der Waals surface area contributed by atoms with E-state index in [9.17, 15) is 0 Å². The van der Waals surface area contributed by atoms with Gasteiger partial charge in [-0.05, 0) is 6.07 Å². The summed E-state index contributed by atoms with van der Waals surface area (Å²) < 4.78 is 5.44. The Morgan fingerprint density at radius 2 is 1.94 bits per heavy atom. The van der Waals surface area contributed by atoms with E-state index in [1.54, 1.807) is 6.07 Å². The summed E-state index contributed by atoms with van der Waals surface area (Å²) in [6, 6.07) is 7.37. The molecule has 0 radical (unpaired) electrons. The third kappa shape index (κ3) is 2.99. The molecule has 1 aromatic carbocycles. The Morgan fingerprint density at radius 3 is 2.71 bits per heavy atom. The van der Waals surface area contributed by atoms with Gasteiger partial charge in [0.2, 0.25) is 11.8 Å². The van der Waals surface area contributed by atoms with E-state index in [0.29, 0.717) is 10.0 Å². The first-order chi connectivity index (χ1) is 8.16. The molecule has 88 valence electrons. The van der Waals surface area contributed by atoms with E-state index in [1.807, 2.05) is 18.2 Å². The van der Waals surface area contributed by atoms with Gasteiger partial charge in [0.25, 0.3) is 0 Å². The third-order valence-electron chi connectivity index (χ3n) is 2.05. The molecule has 2 N–H and O–H groups in total. The SMILES string of the molecule is Nc1ncc(Cl)c(OCc2ccccc2Cl)n1. The highest BCUT2D eigenvalue weighted by Gasteiger charge is 2.06. The first kappa shape index (κ1) is 12.0. The van der Waals surface area contributed by atoms with Crippen molar-refractivity contribution >= 4 is 29.2 Å². The minimum atomic E-state index is 0.114. The first-order valence-electron chi connectivity index (χ1n) is 4.81. The lowest BCUT2D eigenvalue weighted by molar-refractivity contribution is 0.294. The van der Waals surface area contributed by atoms with Gasteiger partial charge < -0.3 is 10.5 Å². The van der Waals surface area contributed by atoms with Crippen molar-refractivity contribution in [3.63, 3.8) is 0 Å². The number of ether oxygens (including phenoxy) is 1. The summed E-state index contributed by atoms with van der Waals surface area (Å²) in [6.45, 7) is 0.274. The molecule has 0 bridgehead atoms. The topological polar surface area (TPSA) is 61.0 Å². The van der Waals surface area contributed by atoms with Crippen LogP contribution in [0.3, 0.4) is 0 Å². The average molecular weight is 270 g/mol. The van der Waals surface area contributed by atoms with E-state index >= 15 is 0 Å². The second kappa shape index (κ2) is 5.21. The molecule has 0 saturated carbocycles. The summed E-state index contributed by atoms with van der Waals surface area (Å²) in [5.74, 6) is 0.364. The fraction of sp³-hybridized carbons (Fsp3) is 0.0909. The molecule has 0 aliphatic heterocycles. The van der Waals surface area contributed by atoms with Crippen LogP contribution in [0, 0.1) is 0 Å². The van der Waals surface area contributed by atoms with Crippen LogP contribution in [-0.4, -0.2) is 9.97 Å². The molecular formula is C11H9Cl2N3O. The fourth-order valence-corrected chi connectivity index (χ4v) is 1.56. The lowest BCUT2D eigenvalue weighted by Crippen LogP contribution is -2.02. The van der Waals surface area contributed by atoms with Crippen LogP contribution in [0.2, 0.25) is 10.0 Å². The Kier molecular flexibility index (Phi) is 3.66. The van der Waals surface area contributed by atoms with Crippen molar-refractivity contribution in [3.8, 4) is 5.88 Å². The number of hydrogen-bond acceptors (Lipinski definition) is 4. The van der Waals surface area contributed by atoms with Crippen LogP contribution >= 0.6 is 23.2 Å². The van der Waals surface area contributed by atoms with Crippen LogP contribution in [0.25, 0.3) is 0 Å². The molecular weight excluding hydrogens is 261 g/mol. The number of nitrogens with two attached hydrogens (primary N) is 1. The minimum Gasteiger partial charge on any atom is -0.472 e. The lowest BCUT2D eigenvalue weighted by Gasteiger charge is -2.08. The van der Waals surface area contributed by atoms with Gasteiger partial charge in [-0.2, -0.15) is 4.98 Å². The summed E-state index contributed by atoms with van der Waals surface area (Å²) >= 11 is 11.9. The molecule has 0 atom stereocenters. The Balaban J connectivity index is 2.12. The van der Waals surface area contributed by atoms with Crippen molar-refractivity contribution < 1.29 is 4.74 Å². The second-order valence-electron chi connectivity index (χ2n) is 3.26. The van der Waals surface area contributed by atoms with Gasteiger partial charge in [0, 0.05) is 10.6 Å². The standard InChI is InChI=1S/C11H9Cl2N3O/c12-8-4-2-1-3-7(8)6-17-10-9(13)5-15-11(14)16-10/h1-5H,6H2,(H2,14,15,16). The smallest absolute Gasteiger partial charge is 0.237 e. The minimum absolute atomic E-state index is 0.114. The zero-order chi connectivity index (χ0) is 12.3. The van der Waals surface area contributed by atoms with E-state index in [4.69, 9.17) is 33.7 Å². The number of anilines is 1. The van der Waals surface area contributed by atoms with Crippen LogP contribution in [0.5, 0.6) is 5.88 Å². The predicted molar refractivity (Wildman–Crippen MR) is 67.2 cm³/mol. The summed E-state index contributed by atoms with van der Waals surface area (Å²) in [6.07, 6.45) is 1.39. The van der Waals surface area contributed by atoms with E-state index < -0.39 is 0 Å². The maximum absolute atomic E-state index is 5.99. The van der Waals surface area contributed by atoms with Crippen LogP contribution in [0.4, 0.5) is 5.95 Å². The number of nitrogens with zero attached hydrogens (tertiary/aromatic N) is 2. The highest BCUT2D eigenvalue weighted by molar-refractivity contribution is 6.32. The molecule has 0 aliphatic carbocycles. The van der Waals surface area contributed by atoms with Crippen LogP contribution in [0.1, 0.15) is 5.56 Å². The quantitative estimate of drug-likeness (QED) is 0.931. The van der Waals surface area contributed by atoms with Crippen molar-refractivity contribution in [2.45, 2.75) is 6.61 Å². The fourth-order valence-electron chi connectivity index (χ4n) is 1.23. The summed E-state index contributed by atoms with van der Waals surface area (Å²) in [4.78, 5) is 7.63. The van der Waals surface area contributed by atoms with Gasteiger partial charge in [-0.1, -0.05) is 41.4 Å². The van der Waals surface area contributed by atoms with Gasteiger partial charge in [-0.25, -0.2) is 4.98 Å². The van der Waals surface area contributed by atoms with Crippen LogP contribution < -0.4 is 10.5 Å². The maximum Gasteiger partial charge on any atom is 0.237 e. The van der Waals surface area contributed by atoms with Crippen molar-refractivity contribution in [1.29, 1.82) is 0 Å². The third-order valence-corrected chi connectivity index (χ3v) is 2.68. The average Bonchev–Trinajstić information content (AvgIpc) is 2.32. The largest absolute Gasteiger partial charge is 0.472 e. The van der Waals surface area contributed by atoms with Gasteiger partial charge in [0.1, 0.15) is 11.6 Å². The molecule has 1 heterocycles. The summed E-state index contributed by atoms with van der Waals surface area (Å²) in [7, 11) is 0. The van der Waals surface area contributed by atoms with Crippen LogP contribution in [-0.2, 0) is 6.61 Å². The molecule has 2 aromatic rings. The zero-order valence-electron chi connectivity index (χ0n) is 8.73. The molecule has 0 aliphatic rings. The molecule has 17 heavy (non-hydrogen) atoms. The van der Waals surface area contributed by atoms with Crippen LogP contribution in [0.15, 0.2) is 30.5 Å². The Hall–Kier alpha value is -1.52. The Labute approximate surface area is 108 Å². The van der Waals surface area contributed by atoms with Crippen molar-refractivity contribution in [3.05, 3.63) is 46.1 Å². The van der Waals surface area contributed by atoms with Gasteiger partial charge in [0.15, 0.2) is 0 Å². The van der Waals surface area contributed by atoms with Gasteiger partial charge in [-0.3, -0.25) is 0 Å². The normalized spacial score (nSPS) is 10.2. The number of nitrogen functional groups attached to an aromatic ring is 1. The summed E-state index contributed by atoms with van der Waals surface area (Å²) in [5.41, 5.74) is 6.29. The monoisotopic (exact) mass is 269 g/mol. The Morgan fingerprint density at radius 1 is 1.18 bits per heavy atom. The number of halogens is 2.